The van der Waals surface area contributed by atoms with Crippen LogP contribution >= 0.6 is 12.6 Å². The van der Waals surface area contributed by atoms with Crippen LogP contribution in [0.2, 0.25) is 0 Å². The molecule has 0 radical (unpaired) electrons. The lowest BCUT2D eigenvalue weighted by Gasteiger charge is -1.98. The van der Waals surface area contributed by atoms with Crippen LogP contribution in [0, 0.1) is 0 Å². The summed E-state index contributed by atoms with van der Waals surface area (Å²) in [6.07, 6.45) is 3.92. The number of thiol groups is 1. The van der Waals surface area contributed by atoms with Gasteiger partial charge in [0, 0.05) is 5.75 Å². The summed E-state index contributed by atoms with van der Waals surface area (Å²) in [6, 6.07) is 7.47. The highest BCUT2D eigenvalue weighted by Gasteiger charge is 1.99. The molecule has 0 fully saturated rings. The van der Waals surface area contributed by atoms with Gasteiger partial charge in [-0.2, -0.15) is 12.6 Å². The quantitative estimate of drug-likeness (QED) is 0.745. The van der Waals surface area contributed by atoms with Gasteiger partial charge in [-0.3, -0.25) is 4.79 Å². The van der Waals surface area contributed by atoms with Gasteiger partial charge in [0.15, 0.2) is 0 Å². The van der Waals surface area contributed by atoms with E-state index >= 15 is 0 Å². The van der Waals surface area contributed by atoms with E-state index in [1.54, 1.807) is 0 Å². The van der Waals surface area contributed by atoms with Gasteiger partial charge in [-0.25, -0.2) is 0 Å². The number of benzene rings is 1. The molecule has 14 heavy (non-hydrogen) atoms. The molecule has 1 N–H and O–H groups in total. The van der Waals surface area contributed by atoms with Crippen LogP contribution in [0.25, 0.3) is 6.08 Å². The molecule has 0 aliphatic carbocycles. The summed E-state index contributed by atoms with van der Waals surface area (Å²) < 4.78 is 0. The Kier molecular flexibility index (Phi) is 4.26. The first-order valence-corrected chi connectivity index (χ1v) is 4.94. The van der Waals surface area contributed by atoms with Crippen LogP contribution in [0.4, 0.5) is 0 Å². The van der Waals surface area contributed by atoms with Crippen molar-refractivity contribution >= 4 is 24.7 Å². The van der Waals surface area contributed by atoms with E-state index < -0.39 is 5.97 Å². The van der Waals surface area contributed by atoms with Gasteiger partial charge >= 0.3 is 5.97 Å². The predicted molar refractivity (Wildman–Crippen MR) is 60.7 cm³/mol. The van der Waals surface area contributed by atoms with E-state index in [1.807, 2.05) is 36.4 Å². The molecule has 0 bridgehead atoms. The van der Waals surface area contributed by atoms with Crippen LogP contribution in [0.5, 0.6) is 0 Å². The third-order valence-electron chi connectivity index (χ3n) is 1.72. The normalized spacial score (nSPS) is 10.6. The van der Waals surface area contributed by atoms with E-state index in [-0.39, 0.29) is 6.42 Å². The number of aliphatic carboxylic acids is 1. The Morgan fingerprint density at radius 3 is 2.93 bits per heavy atom. The van der Waals surface area contributed by atoms with Crippen LogP contribution in [0.15, 0.2) is 30.3 Å². The van der Waals surface area contributed by atoms with Crippen molar-refractivity contribution in [3.8, 4) is 0 Å². The van der Waals surface area contributed by atoms with Crippen molar-refractivity contribution in [2.75, 3.05) is 5.75 Å². The molecule has 2 nitrogen and oxygen atoms in total. The molecule has 0 aliphatic rings. The van der Waals surface area contributed by atoms with Crippen molar-refractivity contribution in [2.45, 2.75) is 6.42 Å². The molecule has 1 aromatic carbocycles. The smallest absolute Gasteiger partial charge is 0.307 e. The van der Waals surface area contributed by atoms with Gasteiger partial charge in [0.05, 0.1) is 6.42 Å². The highest BCUT2D eigenvalue weighted by atomic mass is 32.1. The average Bonchev–Trinajstić information content (AvgIpc) is 2.14. The molecule has 0 unspecified atom stereocenters. The summed E-state index contributed by atoms with van der Waals surface area (Å²) in [5, 5.41) is 8.60. The highest BCUT2D eigenvalue weighted by molar-refractivity contribution is 7.80. The number of hydrogen-bond donors (Lipinski definition) is 2. The van der Waals surface area contributed by atoms with Gasteiger partial charge in [0.25, 0.3) is 0 Å². The summed E-state index contributed by atoms with van der Waals surface area (Å²) in [5.41, 5.74) is 1.83. The Hall–Kier alpha value is -1.22. The maximum absolute atomic E-state index is 10.5. The monoisotopic (exact) mass is 208 g/mol. The van der Waals surface area contributed by atoms with Crippen LogP contribution in [0.1, 0.15) is 11.1 Å². The molecule has 3 heteroatoms. The van der Waals surface area contributed by atoms with Crippen LogP contribution in [-0.4, -0.2) is 16.8 Å². The molecular weight excluding hydrogens is 196 g/mol. The summed E-state index contributed by atoms with van der Waals surface area (Å²) in [5.74, 6) is -0.122. The molecule has 0 aliphatic heterocycles. The van der Waals surface area contributed by atoms with Gasteiger partial charge in [-0.1, -0.05) is 36.4 Å². The van der Waals surface area contributed by atoms with Gasteiger partial charge in [-0.05, 0) is 11.1 Å². The fourth-order valence-electron chi connectivity index (χ4n) is 1.17. The first-order valence-electron chi connectivity index (χ1n) is 4.30. The topological polar surface area (TPSA) is 37.3 Å². The standard InChI is InChI=1S/C11H12O2S/c12-11(13)8-10-4-1-3-9(7-10)5-2-6-14/h1-5,7,14H,6,8H2,(H,12,13). The fourth-order valence-corrected chi connectivity index (χ4v) is 1.28. The van der Waals surface area contributed by atoms with Crippen molar-refractivity contribution in [1.29, 1.82) is 0 Å². The third kappa shape index (κ3) is 3.66. The second-order valence-electron chi connectivity index (χ2n) is 2.90. The van der Waals surface area contributed by atoms with Crippen molar-refractivity contribution in [3.63, 3.8) is 0 Å². The van der Waals surface area contributed by atoms with Gasteiger partial charge in [0.1, 0.15) is 0 Å². The van der Waals surface area contributed by atoms with Crippen molar-refractivity contribution < 1.29 is 9.90 Å². The van der Waals surface area contributed by atoms with Crippen LogP contribution in [0.3, 0.4) is 0 Å². The third-order valence-corrected chi connectivity index (χ3v) is 1.93. The molecule has 0 aromatic heterocycles. The Morgan fingerprint density at radius 1 is 1.50 bits per heavy atom. The summed E-state index contributed by atoms with van der Waals surface area (Å²) >= 11 is 4.05. The molecule has 0 amide bonds. The van der Waals surface area contributed by atoms with Gasteiger partial charge in [-0.15, -0.1) is 0 Å². The largest absolute Gasteiger partial charge is 0.481 e. The van der Waals surface area contributed by atoms with E-state index in [0.29, 0.717) is 5.75 Å². The number of carbonyl (C=O) groups is 1. The van der Waals surface area contributed by atoms with E-state index in [2.05, 4.69) is 12.6 Å². The van der Waals surface area contributed by atoms with E-state index in [1.165, 1.54) is 0 Å². The van der Waals surface area contributed by atoms with Crippen LogP contribution in [-0.2, 0) is 11.2 Å². The Balaban J connectivity index is 2.78. The first kappa shape index (κ1) is 10.9. The molecular formula is C11H12O2S. The lowest BCUT2D eigenvalue weighted by atomic mass is 10.1. The Bertz CT molecular complexity index is 345. The number of carboxylic acids is 1. The molecule has 0 spiro atoms. The SMILES string of the molecule is O=C(O)Cc1cccc(C=CCS)c1. The van der Waals surface area contributed by atoms with Crippen molar-refractivity contribution in [3.05, 3.63) is 41.5 Å². The maximum atomic E-state index is 10.5. The molecule has 0 heterocycles. The number of carboxylic acid groups (broad SMARTS) is 1. The second-order valence-corrected chi connectivity index (χ2v) is 3.27. The average molecular weight is 208 g/mol. The Labute approximate surface area is 88.7 Å². The van der Waals surface area contributed by atoms with Gasteiger partial charge in [0.2, 0.25) is 0 Å². The molecule has 0 saturated carbocycles. The lowest BCUT2D eigenvalue weighted by Crippen LogP contribution is -1.99. The molecule has 1 rings (SSSR count). The fraction of sp³-hybridized carbons (Fsp3) is 0.182. The minimum atomic E-state index is -0.805. The summed E-state index contributed by atoms with van der Waals surface area (Å²) in [6.45, 7) is 0. The van der Waals surface area contributed by atoms with E-state index in [4.69, 9.17) is 5.11 Å². The lowest BCUT2D eigenvalue weighted by molar-refractivity contribution is -0.136. The predicted octanol–water partition coefficient (Wildman–Crippen LogP) is 2.26. The minimum Gasteiger partial charge on any atom is -0.481 e. The molecule has 74 valence electrons. The minimum absolute atomic E-state index is 0.0720. The van der Waals surface area contributed by atoms with Gasteiger partial charge < -0.3 is 5.11 Å². The van der Waals surface area contributed by atoms with E-state index in [9.17, 15) is 4.79 Å². The second kappa shape index (κ2) is 5.50. The Morgan fingerprint density at radius 2 is 2.29 bits per heavy atom. The molecule has 0 saturated heterocycles. The van der Waals surface area contributed by atoms with Crippen molar-refractivity contribution in [2.24, 2.45) is 0 Å². The number of hydrogen-bond acceptors (Lipinski definition) is 2. The highest BCUT2D eigenvalue weighted by Crippen LogP contribution is 2.07. The zero-order chi connectivity index (χ0) is 10.4. The van der Waals surface area contributed by atoms with E-state index in [0.717, 1.165) is 11.1 Å². The maximum Gasteiger partial charge on any atom is 0.307 e. The summed E-state index contributed by atoms with van der Waals surface area (Å²) in [7, 11) is 0. The number of rotatable bonds is 4. The molecule has 1 aromatic rings. The van der Waals surface area contributed by atoms with Crippen LogP contribution < -0.4 is 0 Å². The molecule has 0 atom stereocenters. The first-order chi connectivity index (χ1) is 6.72. The zero-order valence-corrected chi connectivity index (χ0v) is 8.58. The zero-order valence-electron chi connectivity index (χ0n) is 7.68. The van der Waals surface area contributed by atoms with Crippen molar-refractivity contribution in [1.82, 2.24) is 0 Å². The summed E-state index contributed by atoms with van der Waals surface area (Å²) in [4.78, 5) is 10.5.